The quantitative estimate of drug-likeness (QED) is 0.768. The van der Waals surface area contributed by atoms with E-state index in [4.69, 9.17) is 9.47 Å². The number of rotatable bonds is 5. The molecular formula is C14H27NO3. The van der Waals surface area contributed by atoms with E-state index in [0.29, 0.717) is 13.0 Å². The third-order valence-electron chi connectivity index (χ3n) is 3.55. The molecule has 1 fully saturated rings. The van der Waals surface area contributed by atoms with Crippen LogP contribution >= 0.6 is 0 Å². The highest BCUT2D eigenvalue weighted by atomic mass is 16.6. The maximum atomic E-state index is 12.4. The molecule has 106 valence electrons. The van der Waals surface area contributed by atoms with Crippen LogP contribution in [0.15, 0.2) is 0 Å². The normalized spacial score (nSPS) is 29.2. The Kier molecular flexibility index (Phi) is 4.44. The summed E-state index contributed by atoms with van der Waals surface area (Å²) in [5.41, 5.74) is -1.64. The first-order valence-corrected chi connectivity index (χ1v) is 6.83. The first-order valence-electron chi connectivity index (χ1n) is 6.83. The molecule has 18 heavy (non-hydrogen) atoms. The average molecular weight is 257 g/mol. The summed E-state index contributed by atoms with van der Waals surface area (Å²) in [7, 11) is 0. The summed E-state index contributed by atoms with van der Waals surface area (Å²) in [6.45, 7) is 13.0. The number of carbonyl (C=O) groups is 1. The summed E-state index contributed by atoms with van der Waals surface area (Å²) in [5, 5.41) is 3.38. The Hall–Kier alpha value is -0.610. The van der Waals surface area contributed by atoms with Gasteiger partial charge in [-0.15, -0.1) is 0 Å². The van der Waals surface area contributed by atoms with Gasteiger partial charge in [-0.3, -0.25) is 5.32 Å². The summed E-state index contributed by atoms with van der Waals surface area (Å²) in [4.78, 5) is 12.4. The Balaban J connectivity index is 3.07. The lowest BCUT2D eigenvalue weighted by atomic mass is 9.78. The minimum absolute atomic E-state index is 0.200. The number of esters is 1. The van der Waals surface area contributed by atoms with Crippen LogP contribution in [0.2, 0.25) is 0 Å². The van der Waals surface area contributed by atoms with Crippen LogP contribution in [0, 0.1) is 0 Å². The third-order valence-corrected chi connectivity index (χ3v) is 3.55. The fraction of sp³-hybridized carbons (Fsp3) is 0.929. The molecule has 0 aliphatic carbocycles. The topological polar surface area (TPSA) is 47.6 Å². The van der Waals surface area contributed by atoms with Gasteiger partial charge in [0, 0.05) is 6.42 Å². The van der Waals surface area contributed by atoms with Gasteiger partial charge in [0.2, 0.25) is 0 Å². The van der Waals surface area contributed by atoms with Crippen molar-refractivity contribution in [3.05, 3.63) is 0 Å². The highest BCUT2D eigenvalue weighted by Gasteiger charge is 2.62. The molecule has 0 aromatic rings. The Morgan fingerprint density at radius 2 is 1.89 bits per heavy atom. The number of nitrogens with one attached hydrogen (secondary N) is 1. The highest BCUT2D eigenvalue weighted by Crippen LogP contribution is 2.45. The lowest BCUT2D eigenvalue weighted by Crippen LogP contribution is -2.63. The van der Waals surface area contributed by atoms with Gasteiger partial charge in [0.1, 0.15) is 5.54 Å². The fourth-order valence-electron chi connectivity index (χ4n) is 2.92. The van der Waals surface area contributed by atoms with Gasteiger partial charge in [0.05, 0.1) is 17.8 Å². The van der Waals surface area contributed by atoms with Crippen molar-refractivity contribution in [1.82, 2.24) is 5.32 Å². The van der Waals surface area contributed by atoms with E-state index in [1.54, 1.807) is 0 Å². The van der Waals surface area contributed by atoms with Crippen molar-refractivity contribution in [2.24, 2.45) is 0 Å². The Bertz CT molecular complexity index is 312. The highest BCUT2D eigenvalue weighted by molar-refractivity contribution is 5.83. The van der Waals surface area contributed by atoms with Crippen LogP contribution in [0.3, 0.4) is 0 Å². The molecule has 0 bridgehead atoms. The van der Waals surface area contributed by atoms with Crippen molar-refractivity contribution in [3.8, 4) is 0 Å². The van der Waals surface area contributed by atoms with E-state index in [2.05, 4.69) is 12.2 Å². The molecule has 0 radical (unpaired) electrons. The molecular weight excluding hydrogens is 230 g/mol. The van der Waals surface area contributed by atoms with Crippen molar-refractivity contribution >= 4 is 5.97 Å². The smallest absolute Gasteiger partial charge is 0.329 e. The molecule has 1 rings (SSSR count). The zero-order valence-electron chi connectivity index (χ0n) is 12.6. The van der Waals surface area contributed by atoms with Gasteiger partial charge in [-0.05, 0) is 47.6 Å². The summed E-state index contributed by atoms with van der Waals surface area (Å²) >= 11 is 0. The van der Waals surface area contributed by atoms with Crippen molar-refractivity contribution in [2.75, 3.05) is 13.2 Å². The Labute approximate surface area is 110 Å². The second-order valence-corrected chi connectivity index (χ2v) is 6.10. The van der Waals surface area contributed by atoms with Crippen molar-refractivity contribution in [3.63, 3.8) is 0 Å². The summed E-state index contributed by atoms with van der Waals surface area (Å²) in [5.74, 6) is -0.200. The van der Waals surface area contributed by atoms with Crippen LogP contribution < -0.4 is 5.32 Å². The summed E-state index contributed by atoms with van der Waals surface area (Å²) < 4.78 is 11.3. The molecule has 4 heteroatoms. The lowest BCUT2D eigenvalue weighted by molar-refractivity contribution is -0.159. The second-order valence-electron chi connectivity index (χ2n) is 6.10. The van der Waals surface area contributed by atoms with Crippen LogP contribution in [0.4, 0.5) is 0 Å². The van der Waals surface area contributed by atoms with Crippen LogP contribution in [0.1, 0.15) is 54.4 Å². The molecule has 0 spiro atoms. The molecule has 1 heterocycles. The molecule has 1 saturated heterocycles. The molecule has 0 aromatic carbocycles. The van der Waals surface area contributed by atoms with E-state index in [1.807, 2.05) is 34.6 Å². The van der Waals surface area contributed by atoms with Crippen LogP contribution in [-0.2, 0) is 14.3 Å². The number of carbonyl (C=O) groups excluding carboxylic acids is 1. The molecule has 1 N–H and O–H groups in total. The molecule has 0 saturated carbocycles. The molecule has 1 atom stereocenters. The predicted molar refractivity (Wildman–Crippen MR) is 71.5 cm³/mol. The summed E-state index contributed by atoms with van der Waals surface area (Å²) in [6.07, 6.45) is 1.60. The zero-order valence-corrected chi connectivity index (χ0v) is 12.6. The molecule has 0 amide bonds. The van der Waals surface area contributed by atoms with E-state index in [1.165, 1.54) is 0 Å². The van der Waals surface area contributed by atoms with Gasteiger partial charge in [0.25, 0.3) is 0 Å². The van der Waals surface area contributed by atoms with Gasteiger partial charge in [-0.25, -0.2) is 4.79 Å². The number of hydrogen-bond donors (Lipinski definition) is 1. The van der Waals surface area contributed by atoms with Crippen LogP contribution in [0.5, 0.6) is 0 Å². The number of ether oxygens (including phenoxy) is 2. The zero-order chi connectivity index (χ0) is 14.0. The van der Waals surface area contributed by atoms with Gasteiger partial charge in [-0.1, -0.05) is 6.92 Å². The van der Waals surface area contributed by atoms with E-state index >= 15 is 0 Å². The standard InChI is InChI=1S/C14H27NO3/c1-7-9-15-14(11(16)17-8-2)10-12(3,4)18-13(14,5)6/h15H,7-10H2,1-6H3. The van der Waals surface area contributed by atoms with Crippen molar-refractivity contribution < 1.29 is 14.3 Å². The van der Waals surface area contributed by atoms with Gasteiger partial charge < -0.3 is 9.47 Å². The first-order chi connectivity index (χ1) is 8.21. The second kappa shape index (κ2) is 5.17. The minimum Gasteiger partial charge on any atom is -0.465 e. The lowest BCUT2D eigenvalue weighted by Gasteiger charge is -2.38. The van der Waals surface area contributed by atoms with Crippen molar-refractivity contribution in [2.45, 2.75) is 71.1 Å². The molecule has 1 aliphatic rings. The SMILES string of the molecule is CCCNC1(C(=O)OCC)CC(C)(C)OC1(C)C. The van der Waals surface area contributed by atoms with E-state index in [0.717, 1.165) is 13.0 Å². The first kappa shape index (κ1) is 15.4. The van der Waals surface area contributed by atoms with E-state index in [-0.39, 0.29) is 11.6 Å². The largest absolute Gasteiger partial charge is 0.465 e. The number of hydrogen-bond acceptors (Lipinski definition) is 4. The Morgan fingerprint density at radius 3 is 2.28 bits per heavy atom. The minimum atomic E-state index is -0.747. The maximum absolute atomic E-state index is 12.4. The maximum Gasteiger partial charge on any atom is 0.329 e. The predicted octanol–water partition coefficient (Wildman–Crippen LogP) is 2.27. The third kappa shape index (κ3) is 2.69. The summed E-state index contributed by atoms with van der Waals surface area (Å²) in [6, 6.07) is 0. The van der Waals surface area contributed by atoms with Crippen LogP contribution in [0.25, 0.3) is 0 Å². The van der Waals surface area contributed by atoms with Crippen LogP contribution in [-0.4, -0.2) is 35.9 Å². The molecule has 0 aromatic heterocycles. The molecule has 1 unspecified atom stereocenters. The Morgan fingerprint density at radius 1 is 1.28 bits per heavy atom. The van der Waals surface area contributed by atoms with E-state index in [9.17, 15) is 4.79 Å². The fourth-order valence-corrected chi connectivity index (χ4v) is 2.92. The van der Waals surface area contributed by atoms with Gasteiger partial charge >= 0.3 is 5.97 Å². The van der Waals surface area contributed by atoms with E-state index < -0.39 is 11.1 Å². The monoisotopic (exact) mass is 257 g/mol. The van der Waals surface area contributed by atoms with Gasteiger partial charge in [0.15, 0.2) is 0 Å². The molecule has 1 aliphatic heterocycles. The average Bonchev–Trinajstić information content (AvgIpc) is 2.41. The van der Waals surface area contributed by atoms with Gasteiger partial charge in [-0.2, -0.15) is 0 Å². The van der Waals surface area contributed by atoms with Crippen molar-refractivity contribution in [1.29, 1.82) is 0 Å². The molecule has 4 nitrogen and oxygen atoms in total.